The van der Waals surface area contributed by atoms with Crippen LogP contribution in [0.2, 0.25) is 0 Å². The average molecular weight is 447 g/mol. The van der Waals surface area contributed by atoms with Crippen molar-refractivity contribution in [3.63, 3.8) is 0 Å². The van der Waals surface area contributed by atoms with Crippen LogP contribution in [0.1, 0.15) is 26.6 Å². The lowest BCUT2D eigenvalue weighted by atomic mass is 9.94. The first-order chi connectivity index (χ1) is 14.8. The molecule has 0 radical (unpaired) electrons. The van der Waals surface area contributed by atoms with Crippen molar-refractivity contribution in [3.05, 3.63) is 51.5 Å². The number of hydrogen-bond donors (Lipinski definition) is 0. The third kappa shape index (κ3) is 3.53. The fraction of sp³-hybridized carbons (Fsp3) is 0.381. The number of nitrogens with zero attached hydrogens (tertiary/aromatic N) is 5. The summed E-state index contributed by atoms with van der Waals surface area (Å²) in [5.41, 5.74) is 1.70. The first-order valence-electron chi connectivity index (χ1n) is 10.0. The minimum Gasteiger partial charge on any atom is -0.335 e. The summed E-state index contributed by atoms with van der Waals surface area (Å²) < 4.78 is 41.2. The van der Waals surface area contributed by atoms with Gasteiger partial charge in [0.1, 0.15) is 5.69 Å². The third-order valence-electron chi connectivity index (χ3n) is 5.82. The summed E-state index contributed by atoms with van der Waals surface area (Å²) >= 11 is 1.60. The van der Waals surface area contributed by atoms with E-state index in [0.717, 1.165) is 41.6 Å². The number of carbonyl (C=O) groups is 1. The van der Waals surface area contributed by atoms with Gasteiger partial charge in [-0.15, -0.1) is 11.3 Å². The number of halogens is 3. The topological polar surface area (TPSA) is 54.3 Å². The predicted octanol–water partition coefficient (Wildman–Crippen LogP) is 3.50. The molecule has 0 spiro atoms. The molecule has 6 nitrogen and oxygen atoms in total. The molecule has 162 valence electrons. The van der Waals surface area contributed by atoms with Crippen molar-refractivity contribution < 1.29 is 18.0 Å². The van der Waals surface area contributed by atoms with Gasteiger partial charge in [-0.05, 0) is 43.5 Å². The molecule has 0 atom stereocenters. The Bertz CT molecular complexity index is 1140. The maximum absolute atomic E-state index is 13.3. The van der Waals surface area contributed by atoms with Gasteiger partial charge in [0.15, 0.2) is 11.5 Å². The van der Waals surface area contributed by atoms with Gasteiger partial charge in [-0.3, -0.25) is 4.79 Å². The van der Waals surface area contributed by atoms with Gasteiger partial charge in [-0.1, -0.05) is 6.07 Å². The van der Waals surface area contributed by atoms with Crippen molar-refractivity contribution in [1.82, 2.24) is 24.6 Å². The molecule has 0 bridgehead atoms. The van der Waals surface area contributed by atoms with Gasteiger partial charge >= 0.3 is 6.18 Å². The Kier molecular flexibility index (Phi) is 4.86. The smallest absolute Gasteiger partial charge is 0.335 e. The Morgan fingerprint density at radius 3 is 2.61 bits per heavy atom. The minimum atomic E-state index is -4.56. The van der Waals surface area contributed by atoms with E-state index in [0.29, 0.717) is 30.9 Å². The normalized spacial score (nSPS) is 16.8. The third-order valence-corrected chi connectivity index (χ3v) is 6.80. The minimum absolute atomic E-state index is 0.0579. The fourth-order valence-electron chi connectivity index (χ4n) is 4.14. The van der Waals surface area contributed by atoms with E-state index in [-0.39, 0.29) is 11.7 Å². The van der Waals surface area contributed by atoms with Crippen LogP contribution in [-0.4, -0.2) is 63.7 Å². The molecule has 10 heteroatoms. The predicted molar refractivity (Wildman–Crippen MR) is 110 cm³/mol. The molecule has 0 saturated carbocycles. The molecule has 1 fully saturated rings. The number of piperazine rings is 1. The number of amides is 1. The van der Waals surface area contributed by atoms with Gasteiger partial charge in [-0.2, -0.15) is 18.3 Å². The Morgan fingerprint density at radius 2 is 1.87 bits per heavy atom. The molecular weight excluding hydrogens is 427 g/mol. The summed E-state index contributed by atoms with van der Waals surface area (Å²) in [5, 5.41) is 6.50. The van der Waals surface area contributed by atoms with Crippen LogP contribution in [-0.2, 0) is 19.0 Å². The van der Waals surface area contributed by atoms with Gasteiger partial charge in [0.05, 0.1) is 5.69 Å². The zero-order valence-electron chi connectivity index (χ0n) is 16.8. The van der Waals surface area contributed by atoms with E-state index in [1.165, 1.54) is 16.8 Å². The highest BCUT2D eigenvalue weighted by Crippen LogP contribution is 2.40. The Labute approximate surface area is 180 Å². The van der Waals surface area contributed by atoms with Crippen molar-refractivity contribution in [2.24, 2.45) is 0 Å². The van der Waals surface area contributed by atoms with E-state index < -0.39 is 11.9 Å². The zero-order valence-corrected chi connectivity index (χ0v) is 17.6. The first kappa shape index (κ1) is 20.2. The molecule has 0 aromatic carbocycles. The number of alkyl halides is 3. The van der Waals surface area contributed by atoms with E-state index in [9.17, 15) is 18.0 Å². The van der Waals surface area contributed by atoms with E-state index >= 15 is 0 Å². The van der Waals surface area contributed by atoms with E-state index in [1.54, 1.807) is 16.2 Å². The van der Waals surface area contributed by atoms with Crippen molar-refractivity contribution in [1.29, 1.82) is 0 Å². The molecule has 3 aromatic rings. The quantitative estimate of drug-likeness (QED) is 0.604. The largest absolute Gasteiger partial charge is 0.433 e. The number of fused-ring (bicyclic) bond motifs is 3. The number of thiophene rings is 1. The number of hydrogen-bond acceptors (Lipinski definition) is 5. The lowest BCUT2D eigenvalue weighted by molar-refractivity contribution is -0.141. The zero-order chi connectivity index (χ0) is 21.8. The van der Waals surface area contributed by atoms with Crippen LogP contribution in [0.15, 0.2) is 29.6 Å². The summed E-state index contributed by atoms with van der Waals surface area (Å²) in [5.74, 6) is -0.115. The summed E-state index contributed by atoms with van der Waals surface area (Å²) in [6.45, 7) is 2.75. The van der Waals surface area contributed by atoms with Crippen LogP contribution >= 0.6 is 11.3 Å². The molecular formula is C21H20F3N5OS. The number of aromatic nitrogens is 3. The summed E-state index contributed by atoms with van der Waals surface area (Å²) in [7, 11) is 2.01. The van der Waals surface area contributed by atoms with E-state index in [1.807, 2.05) is 18.5 Å². The SMILES string of the molecule is CN1CCN(C(=O)c2nn(-c3cccc(C(F)(F)F)n3)c3c2CCc2sccc2-3)CC1. The molecule has 31 heavy (non-hydrogen) atoms. The number of likely N-dealkylation sites (N-methyl/N-ethyl adjacent to an activating group) is 1. The molecule has 1 saturated heterocycles. The number of aryl methyl sites for hydroxylation is 1. The molecule has 1 aliphatic carbocycles. The highest BCUT2D eigenvalue weighted by molar-refractivity contribution is 7.10. The standard InChI is InChI=1S/C21H20F3N5OS/c1-27-8-10-28(11-9-27)20(30)18-14-5-6-15-13(7-12-31-15)19(14)29(26-18)17-4-2-3-16(25-17)21(22,23)24/h2-4,7,12H,5-6,8-11H2,1H3. The van der Waals surface area contributed by atoms with Crippen LogP contribution in [0.25, 0.3) is 17.1 Å². The summed E-state index contributed by atoms with van der Waals surface area (Å²) in [4.78, 5) is 22.2. The van der Waals surface area contributed by atoms with Crippen LogP contribution in [0.3, 0.4) is 0 Å². The van der Waals surface area contributed by atoms with Crippen LogP contribution in [0, 0.1) is 0 Å². The maximum atomic E-state index is 13.3. The summed E-state index contributed by atoms with van der Waals surface area (Å²) in [6, 6.07) is 5.69. The number of rotatable bonds is 2. The van der Waals surface area contributed by atoms with Crippen molar-refractivity contribution in [3.8, 4) is 17.1 Å². The van der Waals surface area contributed by atoms with Crippen LogP contribution in [0.5, 0.6) is 0 Å². The molecule has 0 N–H and O–H groups in total. The van der Waals surface area contributed by atoms with Gasteiger partial charge < -0.3 is 9.80 Å². The Balaban J connectivity index is 1.64. The molecule has 4 heterocycles. The lowest BCUT2D eigenvalue weighted by Gasteiger charge is -2.32. The van der Waals surface area contributed by atoms with Gasteiger partial charge in [0.25, 0.3) is 5.91 Å². The Hall–Kier alpha value is -2.72. The van der Waals surface area contributed by atoms with Crippen molar-refractivity contribution in [2.75, 3.05) is 33.2 Å². The first-order valence-corrected chi connectivity index (χ1v) is 10.9. The van der Waals surface area contributed by atoms with Crippen molar-refractivity contribution in [2.45, 2.75) is 19.0 Å². The lowest BCUT2D eigenvalue weighted by Crippen LogP contribution is -2.47. The Morgan fingerprint density at radius 1 is 1.10 bits per heavy atom. The highest BCUT2D eigenvalue weighted by Gasteiger charge is 2.35. The van der Waals surface area contributed by atoms with Gasteiger partial charge in [0, 0.05) is 42.2 Å². The number of pyridine rings is 1. The molecule has 1 amide bonds. The molecule has 0 unspecified atom stereocenters. The van der Waals surface area contributed by atoms with Gasteiger partial charge in [-0.25, -0.2) is 9.67 Å². The van der Waals surface area contributed by atoms with Crippen LogP contribution < -0.4 is 0 Å². The monoisotopic (exact) mass is 447 g/mol. The van der Waals surface area contributed by atoms with Crippen LogP contribution in [0.4, 0.5) is 13.2 Å². The molecule has 5 rings (SSSR count). The van der Waals surface area contributed by atoms with E-state index in [4.69, 9.17) is 0 Å². The fourth-order valence-corrected chi connectivity index (χ4v) is 5.02. The summed E-state index contributed by atoms with van der Waals surface area (Å²) in [6.07, 6.45) is -3.16. The molecule has 1 aliphatic heterocycles. The number of carbonyl (C=O) groups excluding carboxylic acids is 1. The van der Waals surface area contributed by atoms with Crippen molar-refractivity contribution >= 4 is 17.2 Å². The second-order valence-electron chi connectivity index (χ2n) is 7.82. The highest BCUT2D eigenvalue weighted by atomic mass is 32.1. The average Bonchev–Trinajstić information content (AvgIpc) is 3.37. The maximum Gasteiger partial charge on any atom is 0.433 e. The van der Waals surface area contributed by atoms with Gasteiger partial charge in [0.2, 0.25) is 0 Å². The molecule has 3 aromatic heterocycles. The second-order valence-corrected chi connectivity index (χ2v) is 8.82. The second kappa shape index (κ2) is 7.45. The van der Waals surface area contributed by atoms with E-state index in [2.05, 4.69) is 15.0 Å². The molecule has 2 aliphatic rings.